The van der Waals surface area contributed by atoms with E-state index in [1.807, 2.05) is 0 Å². The fourth-order valence-electron chi connectivity index (χ4n) is 6.23. The average Bonchev–Trinajstić information content (AvgIpc) is 3.01. The summed E-state index contributed by atoms with van der Waals surface area (Å²) in [5.41, 5.74) is 1.87. The predicted octanol–water partition coefficient (Wildman–Crippen LogP) is 3.77. The van der Waals surface area contributed by atoms with Gasteiger partial charge in [-0.15, -0.1) is 0 Å². The van der Waals surface area contributed by atoms with E-state index in [2.05, 4.69) is 39.1 Å². The van der Waals surface area contributed by atoms with E-state index in [-0.39, 0.29) is 29.3 Å². The molecule has 0 radical (unpaired) electrons. The second-order valence-corrected chi connectivity index (χ2v) is 10.6. The molecule has 1 saturated heterocycles. The third-order valence-corrected chi connectivity index (χ3v) is 8.10. The Morgan fingerprint density at radius 1 is 1.17 bits per heavy atom. The third-order valence-electron chi connectivity index (χ3n) is 8.10. The zero-order valence-electron chi connectivity index (χ0n) is 20.1. The Morgan fingerprint density at radius 2 is 1.87 bits per heavy atom. The lowest BCUT2D eigenvalue weighted by molar-refractivity contribution is -0.900. The molecule has 0 aromatic carbocycles. The summed E-state index contributed by atoms with van der Waals surface area (Å²) < 4.78 is 5.88. The molecule has 4 nitrogen and oxygen atoms in total. The molecule has 1 saturated carbocycles. The van der Waals surface area contributed by atoms with Crippen molar-refractivity contribution in [2.24, 2.45) is 23.2 Å². The van der Waals surface area contributed by atoms with Crippen molar-refractivity contribution in [3.63, 3.8) is 0 Å². The summed E-state index contributed by atoms with van der Waals surface area (Å²) in [4.78, 5) is 14.4. The number of unbranched alkanes of at least 4 members (excludes halogenated alkanes) is 2. The number of esters is 1. The number of allylic oxidation sites excluding steroid dienone is 1. The molecule has 4 heteroatoms. The van der Waals surface area contributed by atoms with Crippen molar-refractivity contribution in [3.05, 3.63) is 11.6 Å². The predicted molar refractivity (Wildman–Crippen MR) is 124 cm³/mol. The Morgan fingerprint density at radius 3 is 2.57 bits per heavy atom. The average molecular weight is 420 g/mol. The number of quaternary nitrogens is 1. The molecule has 0 aromatic heterocycles. The van der Waals surface area contributed by atoms with Crippen LogP contribution in [-0.4, -0.2) is 44.8 Å². The minimum Gasteiger partial charge on any atom is -0.461 e. The zero-order valence-corrected chi connectivity index (χ0v) is 20.1. The fourth-order valence-corrected chi connectivity index (χ4v) is 6.23. The molecule has 3 aliphatic rings. The summed E-state index contributed by atoms with van der Waals surface area (Å²) in [7, 11) is 0. The van der Waals surface area contributed by atoms with Crippen LogP contribution in [0.25, 0.3) is 0 Å². The van der Waals surface area contributed by atoms with Gasteiger partial charge in [-0.3, -0.25) is 4.79 Å². The van der Waals surface area contributed by atoms with E-state index in [9.17, 15) is 4.79 Å². The Bertz CT molecular complexity index is 582. The van der Waals surface area contributed by atoms with Crippen LogP contribution in [0.2, 0.25) is 0 Å². The van der Waals surface area contributed by atoms with E-state index >= 15 is 0 Å². The first-order chi connectivity index (χ1) is 14.5. The van der Waals surface area contributed by atoms with Crippen LogP contribution >= 0.6 is 0 Å². The molecule has 5 atom stereocenters. The van der Waals surface area contributed by atoms with Crippen molar-refractivity contribution in [1.29, 1.82) is 0 Å². The molecule has 3 rings (SSSR count). The van der Waals surface area contributed by atoms with Gasteiger partial charge in [0.2, 0.25) is 0 Å². The maximum Gasteiger partial charge on any atom is 0.311 e. The quantitative estimate of drug-likeness (QED) is 0.287. The van der Waals surface area contributed by atoms with Gasteiger partial charge in [-0.25, -0.2) is 0 Å². The first kappa shape index (κ1) is 23.8. The lowest BCUT2D eigenvalue weighted by atomic mass is 9.59. The van der Waals surface area contributed by atoms with Crippen molar-refractivity contribution >= 4 is 5.97 Å². The Labute approximate surface area is 185 Å². The van der Waals surface area contributed by atoms with Crippen LogP contribution in [0.1, 0.15) is 85.5 Å². The summed E-state index contributed by atoms with van der Waals surface area (Å²) in [6, 6.07) is 0. The number of hydrogen-bond acceptors (Lipinski definition) is 3. The summed E-state index contributed by atoms with van der Waals surface area (Å²) in [6.07, 6.45) is 13.9. The van der Waals surface area contributed by atoms with Gasteiger partial charge in [-0.05, 0) is 43.4 Å². The summed E-state index contributed by atoms with van der Waals surface area (Å²) >= 11 is 0. The maximum absolute atomic E-state index is 12.6. The highest BCUT2D eigenvalue weighted by atomic mass is 16.6. The third kappa shape index (κ3) is 5.68. The first-order valence-corrected chi connectivity index (χ1v) is 13.0. The molecule has 0 aromatic rings. The Kier molecular flexibility index (Phi) is 8.82. The van der Waals surface area contributed by atoms with Gasteiger partial charge in [0.15, 0.2) is 0 Å². The van der Waals surface area contributed by atoms with Gasteiger partial charge in [0.05, 0.1) is 25.6 Å². The van der Waals surface area contributed by atoms with Gasteiger partial charge in [-0.2, -0.15) is 0 Å². The normalized spacial score (nSPS) is 33.2. The zero-order chi connectivity index (χ0) is 21.6. The lowest BCUT2D eigenvalue weighted by Gasteiger charge is -2.46. The van der Waals surface area contributed by atoms with Crippen LogP contribution in [0.4, 0.5) is 0 Å². The minimum atomic E-state index is 0.00445. The van der Waals surface area contributed by atoms with Crippen molar-refractivity contribution in [2.45, 2.75) is 91.6 Å². The topological polar surface area (TPSA) is 42.8 Å². The van der Waals surface area contributed by atoms with E-state index in [1.165, 1.54) is 71.0 Å². The molecule has 1 heterocycles. The molecule has 30 heavy (non-hydrogen) atoms. The van der Waals surface area contributed by atoms with Crippen LogP contribution in [0.5, 0.6) is 0 Å². The summed E-state index contributed by atoms with van der Waals surface area (Å²) in [5, 5.41) is 3.61. The molecule has 172 valence electrons. The highest BCUT2D eigenvalue weighted by molar-refractivity contribution is 5.76. The number of nitrogens with one attached hydrogen (secondary N) is 2. The number of ether oxygens (including phenoxy) is 1. The van der Waals surface area contributed by atoms with E-state index in [1.54, 1.807) is 10.5 Å². The second-order valence-electron chi connectivity index (χ2n) is 10.6. The highest BCUT2D eigenvalue weighted by Gasteiger charge is 2.51. The molecular weight excluding hydrogens is 372 g/mol. The molecule has 0 amide bonds. The molecule has 1 aliphatic heterocycles. The SMILES string of the molecule is CCCC[NH+](CCCC)CCCNCC1C(=O)OC2CC3(C)CCCC(C)C3=CC21. The van der Waals surface area contributed by atoms with E-state index in [4.69, 9.17) is 4.74 Å². The summed E-state index contributed by atoms with van der Waals surface area (Å²) in [6.45, 7) is 15.0. The van der Waals surface area contributed by atoms with Crippen LogP contribution in [0.15, 0.2) is 11.6 Å². The van der Waals surface area contributed by atoms with E-state index in [0.717, 1.165) is 19.5 Å². The van der Waals surface area contributed by atoms with Crippen molar-refractivity contribution in [1.82, 2.24) is 5.32 Å². The number of carbonyl (C=O) groups excluding carboxylic acids is 1. The molecular formula is C26H47N2O2+. The van der Waals surface area contributed by atoms with Crippen LogP contribution in [-0.2, 0) is 9.53 Å². The van der Waals surface area contributed by atoms with Gasteiger partial charge in [0.1, 0.15) is 6.10 Å². The molecule has 2 aliphatic carbocycles. The lowest BCUT2D eigenvalue weighted by Crippen LogP contribution is -3.12. The summed E-state index contributed by atoms with van der Waals surface area (Å²) in [5.74, 6) is 0.978. The number of hydrogen-bond donors (Lipinski definition) is 2. The van der Waals surface area contributed by atoms with Crippen molar-refractivity contribution in [3.8, 4) is 0 Å². The van der Waals surface area contributed by atoms with Gasteiger partial charge in [0, 0.05) is 25.4 Å². The molecule has 0 spiro atoms. The number of fused-ring (bicyclic) bond motifs is 2. The van der Waals surface area contributed by atoms with E-state index in [0.29, 0.717) is 5.92 Å². The van der Waals surface area contributed by atoms with Crippen LogP contribution < -0.4 is 10.2 Å². The van der Waals surface area contributed by atoms with E-state index < -0.39 is 0 Å². The first-order valence-electron chi connectivity index (χ1n) is 13.0. The molecule has 2 N–H and O–H groups in total. The second kappa shape index (κ2) is 11.1. The standard InChI is InChI=1S/C26H46N2O2/c1-5-7-14-28(15-8-6-2)16-10-13-27-19-22-21-17-23-20(3)11-9-12-26(23,4)18-24(21)30-25(22)29/h17,20-22,24,27H,5-16,18-19H2,1-4H3/p+1. The van der Waals surface area contributed by atoms with Crippen molar-refractivity contribution < 1.29 is 14.4 Å². The Balaban J connectivity index is 1.48. The van der Waals surface area contributed by atoms with Crippen LogP contribution in [0, 0.1) is 23.2 Å². The minimum absolute atomic E-state index is 0.00445. The molecule has 0 bridgehead atoms. The Hall–Kier alpha value is -0.870. The largest absolute Gasteiger partial charge is 0.461 e. The fraction of sp³-hybridized carbons (Fsp3) is 0.885. The monoisotopic (exact) mass is 419 g/mol. The van der Waals surface area contributed by atoms with Gasteiger partial charge < -0.3 is 15.0 Å². The van der Waals surface area contributed by atoms with Gasteiger partial charge in [0.25, 0.3) is 0 Å². The number of rotatable bonds is 12. The highest BCUT2D eigenvalue weighted by Crippen LogP contribution is 2.53. The van der Waals surface area contributed by atoms with Crippen molar-refractivity contribution in [2.75, 3.05) is 32.7 Å². The van der Waals surface area contributed by atoms with Gasteiger partial charge >= 0.3 is 5.97 Å². The maximum atomic E-state index is 12.6. The molecule has 5 unspecified atom stereocenters. The molecule has 2 fully saturated rings. The number of carbonyl (C=O) groups is 1. The van der Waals surface area contributed by atoms with Gasteiger partial charge in [-0.1, -0.05) is 58.6 Å². The van der Waals surface area contributed by atoms with Crippen LogP contribution in [0.3, 0.4) is 0 Å². The smallest absolute Gasteiger partial charge is 0.311 e.